The molecule has 7 atom stereocenters. The van der Waals surface area contributed by atoms with Crippen molar-refractivity contribution in [3.05, 3.63) is 36.5 Å². The molecule has 0 saturated carbocycles. The van der Waals surface area contributed by atoms with E-state index in [1.54, 1.807) is 6.08 Å². The molecule has 9 heteroatoms. The number of allylic oxidation sites excluding steroid dienone is 5. The van der Waals surface area contributed by atoms with Crippen molar-refractivity contribution in [1.82, 2.24) is 5.32 Å². The Morgan fingerprint density at radius 1 is 0.667 bits per heavy atom. The Hall–Kier alpha value is -1.59. The van der Waals surface area contributed by atoms with Crippen LogP contribution in [0.4, 0.5) is 0 Å². The van der Waals surface area contributed by atoms with Gasteiger partial charge in [-0.3, -0.25) is 4.79 Å². The monoisotopic (exact) mass is 724 g/mol. The fraction of sp³-hybridized carbons (Fsp3) is 0.833. The highest BCUT2D eigenvalue weighted by molar-refractivity contribution is 5.76. The number of nitrogens with one attached hydrogen (secondary N) is 1. The van der Waals surface area contributed by atoms with E-state index in [9.17, 15) is 30.3 Å². The normalized spacial score (nSPS) is 22.4. The van der Waals surface area contributed by atoms with Gasteiger partial charge in [0, 0.05) is 6.42 Å². The maximum Gasteiger partial charge on any atom is 0.220 e. The molecule has 6 N–H and O–H groups in total. The van der Waals surface area contributed by atoms with Crippen LogP contribution in [0.3, 0.4) is 0 Å². The lowest BCUT2D eigenvalue weighted by molar-refractivity contribution is -0.302. The third-order valence-corrected chi connectivity index (χ3v) is 9.69. The second-order valence-corrected chi connectivity index (χ2v) is 14.4. The summed E-state index contributed by atoms with van der Waals surface area (Å²) in [6.45, 7) is 3.53. The Kier molecular flexibility index (Phi) is 30.7. The van der Waals surface area contributed by atoms with E-state index >= 15 is 0 Å². The number of carbonyl (C=O) groups is 1. The van der Waals surface area contributed by atoms with E-state index in [0.29, 0.717) is 6.42 Å². The van der Waals surface area contributed by atoms with Gasteiger partial charge in [-0.2, -0.15) is 0 Å². The zero-order chi connectivity index (χ0) is 37.4. The van der Waals surface area contributed by atoms with Crippen molar-refractivity contribution in [3.63, 3.8) is 0 Å². The van der Waals surface area contributed by atoms with Crippen LogP contribution in [0.25, 0.3) is 0 Å². The van der Waals surface area contributed by atoms with Gasteiger partial charge in [-0.25, -0.2) is 0 Å². The van der Waals surface area contributed by atoms with E-state index in [2.05, 4.69) is 36.5 Å². The van der Waals surface area contributed by atoms with Gasteiger partial charge in [0.05, 0.1) is 25.4 Å². The van der Waals surface area contributed by atoms with Crippen molar-refractivity contribution < 1.29 is 39.8 Å². The van der Waals surface area contributed by atoms with E-state index < -0.39 is 49.5 Å². The standard InChI is InChI=1S/C42H77NO8/c1-3-5-7-8-9-10-11-12-13-14-15-16-17-18-19-20-21-22-23-24-25-26-27-28-30-32-38(46)43-35(36(45)31-29-6-4-2)34-50-42-41(49)40(48)39(47)37(33-44)51-42/h11-12,14-15,29,31,35-37,39-42,44-45,47-49H,3-10,13,16-28,30,32-34H2,1-2H3,(H,43,46)/b12-11-,15-14-,31-29+. The molecule has 1 heterocycles. The third kappa shape index (κ3) is 24.4. The van der Waals surface area contributed by atoms with E-state index in [-0.39, 0.29) is 12.5 Å². The van der Waals surface area contributed by atoms with Gasteiger partial charge >= 0.3 is 0 Å². The van der Waals surface area contributed by atoms with Crippen molar-refractivity contribution in [2.45, 2.75) is 211 Å². The van der Waals surface area contributed by atoms with Crippen molar-refractivity contribution in [2.24, 2.45) is 0 Å². The van der Waals surface area contributed by atoms with E-state index in [1.807, 2.05) is 13.0 Å². The molecule has 51 heavy (non-hydrogen) atoms. The van der Waals surface area contributed by atoms with E-state index in [1.165, 1.54) is 109 Å². The smallest absolute Gasteiger partial charge is 0.220 e. The Labute approximate surface area is 311 Å². The van der Waals surface area contributed by atoms with Gasteiger partial charge in [0.1, 0.15) is 24.4 Å². The lowest BCUT2D eigenvalue weighted by atomic mass is 9.99. The molecule has 1 saturated heterocycles. The summed E-state index contributed by atoms with van der Waals surface area (Å²) in [5.41, 5.74) is 0. The largest absolute Gasteiger partial charge is 0.394 e. The first-order valence-corrected chi connectivity index (χ1v) is 20.7. The number of unbranched alkanes of at least 4 members (excludes halogenated alkanes) is 19. The molecular weight excluding hydrogens is 646 g/mol. The highest BCUT2D eigenvalue weighted by Gasteiger charge is 2.44. The van der Waals surface area contributed by atoms with Crippen LogP contribution in [-0.4, -0.2) is 87.5 Å². The minimum absolute atomic E-state index is 0.191. The van der Waals surface area contributed by atoms with Gasteiger partial charge in [0.2, 0.25) is 5.91 Å². The molecule has 1 aliphatic rings. The highest BCUT2D eigenvalue weighted by Crippen LogP contribution is 2.22. The van der Waals surface area contributed by atoms with Gasteiger partial charge in [-0.1, -0.05) is 153 Å². The van der Waals surface area contributed by atoms with Crippen molar-refractivity contribution in [1.29, 1.82) is 0 Å². The molecule has 0 bridgehead atoms. The molecule has 9 nitrogen and oxygen atoms in total. The molecule has 0 aliphatic carbocycles. The molecule has 298 valence electrons. The molecule has 0 radical (unpaired) electrons. The second kappa shape index (κ2) is 33.0. The Morgan fingerprint density at radius 3 is 1.73 bits per heavy atom. The summed E-state index contributed by atoms with van der Waals surface area (Å²) in [6.07, 6.45) is 32.9. The van der Waals surface area contributed by atoms with E-state index in [0.717, 1.165) is 38.5 Å². The van der Waals surface area contributed by atoms with Gasteiger partial charge in [-0.15, -0.1) is 0 Å². The molecule has 1 fully saturated rings. The minimum Gasteiger partial charge on any atom is -0.394 e. The molecule has 1 rings (SSSR count). The summed E-state index contributed by atoms with van der Waals surface area (Å²) < 4.78 is 11.0. The summed E-state index contributed by atoms with van der Waals surface area (Å²) in [6, 6.07) is -0.799. The Balaban J connectivity index is 2.09. The van der Waals surface area contributed by atoms with Gasteiger partial charge < -0.3 is 40.3 Å². The van der Waals surface area contributed by atoms with Crippen molar-refractivity contribution >= 4 is 5.91 Å². The van der Waals surface area contributed by atoms with Gasteiger partial charge in [0.15, 0.2) is 6.29 Å². The van der Waals surface area contributed by atoms with Crippen molar-refractivity contribution in [2.75, 3.05) is 13.2 Å². The Bertz CT molecular complexity index is 894. The number of carbonyl (C=O) groups excluding carboxylic acids is 1. The lowest BCUT2D eigenvalue weighted by Crippen LogP contribution is -2.60. The van der Waals surface area contributed by atoms with Crippen LogP contribution in [0.15, 0.2) is 36.5 Å². The zero-order valence-electron chi connectivity index (χ0n) is 32.4. The van der Waals surface area contributed by atoms with Crippen LogP contribution in [0.2, 0.25) is 0 Å². The molecule has 1 aliphatic heterocycles. The first kappa shape index (κ1) is 47.4. The summed E-state index contributed by atoms with van der Waals surface area (Å²) in [5, 5.41) is 53.3. The number of amides is 1. The quantitative estimate of drug-likeness (QED) is 0.0298. The van der Waals surface area contributed by atoms with Crippen LogP contribution >= 0.6 is 0 Å². The summed E-state index contributed by atoms with van der Waals surface area (Å²) in [5.74, 6) is -0.191. The predicted molar refractivity (Wildman–Crippen MR) is 207 cm³/mol. The molecule has 0 spiro atoms. The highest BCUT2D eigenvalue weighted by atomic mass is 16.7. The van der Waals surface area contributed by atoms with Gasteiger partial charge in [-0.05, 0) is 44.9 Å². The molecular formula is C42H77NO8. The molecule has 1 amide bonds. The third-order valence-electron chi connectivity index (χ3n) is 9.69. The second-order valence-electron chi connectivity index (χ2n) is 14.4. The van der Waals surface area contributed by atoms with E-state index in [4.69, 9.17) is 9.47 Å². The summed E-state index contributed by atoms with van der Waals surface area (Å²) in [4.78, 5) is 12.7. The average Bonchev–Trinajstić information content (AvgIpc) is 3.13. The summed E-state index contributed by atoms with van der Waals surface area (Å²) in [7, 11) is 0. The minimum atomic E-state index is -1.56. The number of hydrogen-bond acceptors (Lipinski definition) is 8. The van der Waals surface area contributed by atoms with Crippen LogP contribution in [0.5, 0.6) is 0 Å². The van der Waals surface area contributed by atoms with Crippen molar-refractivity contribution in [3.8, 4) is 0 Å². The molecule has 7 unspecified atom stereocenters. The zero-order valence-corrected chi connectivity index (χ0v) is 32.4. The first-order chi connectivity index (χ1) is 24.8. The SMILES string of the molecule is CCC/C=C/C(O)C(COC1OC(CO)C(O)C(O)C1O)NC(=O)CCCCCCCCCCCCCCC/C=C\C/C=C\CCCCCCC. The average molecular weight is 724 g/mol. The number of aliphatic hydroxyl groups is 5. The number of rotatable bonds is 33. The topological polar surface area (TPSA) is 149 Å². The molecule has 0 aromatic heterocycles. The van der Waals surface area contributed by atoms with Crippen LogP contribution < -0.4 is 5.32 Å². The number of aliphatic hydroxyl groups excluding tert-OH is 5. The maximum atomic E-state index is 12.7. The summed E-state index contributed by atoms with van der Waals surface area (Å²) >= 11 is 0. The molecule has 0 aromatic rings. The maximum absolute atomic E-state index is 12.7. The molecule has 0 aromatic carbocycles. The van der Waals surface area contributed by atoms with Crippen LogP contribution in [0.1, 0.15) is 168 Å². The fourth-order valence-corrected chi connectivity index (χ4v) is 6.31. The Morgan fingerprint density at radius 2 is 1.20 bits per heavy atom. The fourth-order valence-electron chi connectivity index (χ4n) is 6.31. The first-order valence-electron chi connectivity index (χ1n) is 20.7. The lowest BCUT2D eigenvalue weighted by Gasteiger charge is -2.40. The number of ether oxygens (including phenoxy) is 2. The van der Waals surface area contributed by atoms with Crippen LogP contribution in [-0.2, 0) is 14.3 Å². The van der Waals surface area contributed by atoms with Crippen LogP contribution in [0, 0.1) is 0 Å². The predicted octanol–water partition coefficient (Wildman–Crippen LogP) is 7.72. The number of hydrogen-bond donors (Lipinski definition) is 6. The van der Waals surface area contributed by atoms with Gasteiger partial charge in [0.25, 0.3) is 0 Å².